The van der Waals surface area contributed by atoms with E-state index in [0.29, 0.717) is 0 Å². The minimum atomic E-state index is -0.0377. The van der Waals surface area contributed by atoms with E-state index in [1.54, 1.807) is 12.4 Å². The molecule has 0 aliphatic heterocycles. The van der Waals surface area contributed by atoms with E-state index in [1.807, 2.05) is 32.0 Å². The number of aromatic nitrogens is 3. The maximum atomic E-state index is 5.74. The summed E-state index contributed by atoms with van der Waals surface area (Å²) >= 11 is 1.50. The van der Waals surface area contributed by atoms with Gasteiger partial charge in [0, 0.05) is 29.0 Å². The third-order valence-electron chi connectivity index (χ3n) is 2.21. The lowest BCUT2D eigenvalue weighted by molar-refractivity contribution is 0.777. The lowest BCUT2D eigenvalue weighted by Crippen LogP contribution is -2.06. The molecule has 0 fully saturated rings. The number of aryl methyl sites for hydroxylation is 1. The van der Waals surface area contributed by atoms with Crippen molar-refractivity contribution in [1.29, 1.82) is 0 Å². The summed E-state index contributed by atoms with van der Waals surface area (Å²) in [5, 5.41) is 0.736. The third-order valence-corrected chi connectivity index (χ3v) is 3.06. The summed E-state index contributed by atoms with van der Waals surface area (Å²) in [4.78, 5) is 13.8. The lowest BCUT2D eigenvalue weighted by atomic mass is 10.2. The van der Waals surface area contributed by atoms with E-state index in [2.05, 4.69) is 15.0 Å². The van der Waals surface area contributed by atoms with E-state index in [-0.39, 0.29) is 6.04 Å². The quantitative estimate of drug-likeness (QED) is 0.842. The van der Waals surface area contributed by atoms with Gasteiger partial charge < -0.3 is 5.73 Å². The second kappa shape index (κ2) is 5.25. The van der Waals surface area contributed by atoms with E-state index in [9.17, 15) is 0 Å². The molecule has 2 aromatic rings. The molecule has 2 heterocycles. The summed E-state index contributed by atoms with van der Waals surface area (Å²) in [6.07, 6.45) is 3.56. The molecule has 2 N–H and O–H groups in total. The molecular weight excluding hydrogens is 232 g/mol. The first-order chi connectivity index (χ1) is 8.15. The van der Waals surface area contributed by atoms with Gasteiger partial charge in [0.1, 0.15) is 0 Å². The van der Waals surface area contributed by atoms with Crippen LogP contribution < -0.4 is 5.73 Å². The number of pyridine rings is 1. The summed E-state index contributed by atoms with van der Waals surface area (Å²) < 4.78 is 0. The molecule has 17 heavy (non-hydrogen) atoms. The Hall–Kier alpha value is -1.46. The van der Waals surface area contributed by atoms with Crippen LogP contribution in [0, 0.1) is 6.92 Å². The highest BCUT2D eigenvalue weighted by Crippen LogP contribution is 2.24. The third kappa shape index (κ3) is 3.25. The topological polar surface area (TPSA) is 64.7 Å². The van der Waals surface area contributed by atoms with Gasteiger partial charge in [-0.05, 0) is 43.8 Å². The van der Waals surface area contributed by atoms with Gasteiger partial charge in [0.15, 0.2) is 5.16 Å². The summed E-state index contributed by atoms with van der Waals surface area (Å²) in [7, 11) is 0. The molecule has 0 amide bonds. The van der Waals surface area contributed by atoms with Crippen molar-refractivity contribution >= 4 is 11.8 Å². The van der Waals surface area contributed by atoms with Crippen LogP contribution in [0.3, 0.4) is 0 Å². The molecule has 1 atom stereocenters. The molecule has 88 valence electrons. The smallest absolute Gasteiger partial charge is 0.192 e. The van der Waals surface area contributed by atoms with Crippen molar-refractivity contribution in [1.82, 2.24) is 15.0 Å². The van der Waals surface area contributed by atoms with Gasteiger partial charge in [0.05, 0.1) is 5.69 Å². The Morgan fingerprint density at radius 3 is 2.65 bits per heavy atom. The highest BCUT2D eigenvalue weighted by molar-refractivity contribution is 7.99. The molecular formula is C12H14N4S. The zero-order chi connectivity index (χ0) is 12.3. The fraction of sp³-hybridized carbons (Fsp3) is 0.250. The lowest BCUT2D eigenvalue weighted by Gasteiger charge is -2.05. The molecule has 2 rings (SSSR count). The number of rotatable bonds is 3. The van der Waals surface area contributed by atoms with Crippen molar-refractivity contribution < 1.29 is 0 Å². The van der Waals surface area contributed by atoms with Crippen LogP contribution >= 0.6 is 11.8 Å². The van der Waals surface area contributed by atoms with E-state index < -0.39 is 0 Å². The van der Waals surface area contributed by atoms with Crippen LogP contribution in [0.2, 0.25) is 0 Å². The highest BCUT2D eigenvalue weighted by Gasteiger charge is 2.03. The molecule has 0 saturated heterocycles. The average Bonchev–Trinajstić information content (AvgIpc) is 2.29. The second-order valence-corrected chi connectivity index (χ2v) is 4.83. The Balaban J connectivity index is 2.14. The van der Waals surface area contributed by atoms with Gasteiger partial charge in [0.25, 0.3) is 0 Å². The van der Waals surface area contributed by atoms with Gasteiger partial charge in [-0.1, -0.05) is 0 Å². The summed E-state index contributed by atoms with van der Waals surface area (Å²) in [6, 6.07) is 5.76. The second-order valence-electron chi connectivity index (χ2n) is 3.79. The fourth-order valence-corrected chi connectivity index (χ4v) is 2.06. The minimum absolute atomic E-state index is 0.0377. The monoisotopic (exact) mass is 246 g/mol. The Morgan fingerprint density at radius 2 is 2.06 bits per heavy atom. The molecule has 0 aromatic carbocycles. The molecule has 2 aromatic heterocycles. The van der Waals surface area contributed by atoms with Crippen LogP contribution in [0.5, 0.6) is 0 Å². The van der Waals surface area contributed by atoms with Gasteiger partial charge in [-0.15, -0.1) is 0 Å². The van der Waals surface area contributed by atoms with Crippen molar-refractivity contribution in [3.8, 4) is 0 Å². The number of nitrogens with two attached hydrogens (primary N) is 1. The Labute approximate surface area is 105 Å². The Bertz CT molecular complexity index is 496. The van der Waals surface area contributed by atoms with Gasteiger partial charge in [0.2, 0.25) is 0 Å². The maximum Gasteiger partial charge on any atom is 0.192 e. The van der Waals surface area contributed by atoms with E-state index in [1.165, 1.54) is 11.8 Å². The van der Waals surface area contributed by atoms with Gasteiger partial charge in [-0.25, -0.2) is 9.97 Å². The molecule has 0 aliphatic carbocycles. The first-order valence-corrected chi connectivity index (χ1v) is 6.16. The van der Waals surface area contributed by atoms with Gasteiger partial charge >= 0.3 is 0 Å². The molecule has 0 saturated carbocycles. The number of nitrogens with zero attached hydrogens (tertiary/aromatic N) is 3. The largest absolute Gasteiger partial charge is 0.323 e. The van der Waals surface area contributed by atoms with Crippen LogP contribution in [-0.2, 0) is 0 Å². The summed E-state index contributed by atoms with van der Waals surface area (Å²) in [5.74, 6) is 0. The SMILES string of the molecule is Cc1ccnc(Sc2ccc(C(C)N)nc2)n1. The molecule has 0 radical (unpaired) electrons. The predicted molar refractivity (Wildman–Crippen MR) is 67.7 cm³/mol. The fourth-order valence-electron chi connectivity index (χ4n) is 1.30. The van der Waals surface area contributed by atoms with E-state index >= 15 is 0 Å². The Kier molecular flexibility index (Phi) is 3.71. The summed E-state index contributed by atoms with van der Waals surface area (Å²) in [6.45, 7) is 3.86. The Morgan fingerprint density at radius 1 is 1.24 bits per heavy atom. The molecule has 5 heteroatoms. The molecule has 0 aliphatic rings. The standard InChI is InChI=1S/C12H14N4S/c1-8-5-6-14-12(16-8)17-10-3-4-11(9(2)13)15-7-10/h3-7,9H,13H2,1-2H3. The summed E-state index contributed by atoms with van der Waals surface area (Å²) in [5.41, 5.74) is 7.59. The van der Waals surface area contributed by atoms with Crippen LogP contribution in [0.25, 0.3) is 0 Å². The van der Waals surface area contributed by atoms with Gasteiger partial charge in [-0.3, -0.25) is 4.98 Å². The minimum Gasteiger partial charge on any atom is -0.323 e. The van der Waals surface area contributed by atoms with Crippen molar-refractivity contribution in [3.05, 3.63) is 42.0 Å². The maximum absolute atomic E-state index is 5.74. The highest BCUT2D eigenvalue weighted by atomic mass is 32.2. The zero-order valence-electron chi connectivity index (χ0n) is 9.79. The van der Waals surface area contributed by atoms with Crippen LogP contribution in [-0.4, -0.2) is 15.0 Å². The number of hydrogen-bond donors (Lipinski definition) is 1. The van der Waals surface area contributed by atoms with Crippen LogP contribution in [0.15, 0.2) is 40.6 Å². The van der Waals surface area contributed by atoms with Crippen molar-refractivity contribution in [2.24, 2.45) is 5.73 Å². The number of hydrogen-bond acceptors (Lipinski definition) is 5. The van der Waals surface area contributed by atoms with Crippen molar-refractivity contribution in [2.45, 2.75) is 29.9 Å². The van der Waals surface area contributed by atoms with Crippen molar-refractivity contribution in [3.63, 3.8) is 0 Å². The van der Waals surface area contributed by atoms with Crippen LogP contribution in [0.1, 0.15) is 24.4 Å². The van der Waals surface area contributed by atoms with E-state index in [4.69, 9.17) is 5.73 Å². The predicted octanol–water partition coefficient (Wildman–Crippen LogP) is 2.35. The van der Waals surface area contributed by atoms with Crippen molar-refractivity contribution in [2.75, 3.05) is 0 Å². The first kappa shape index (κ1) is 12.0. The first-order valence-electron chi connectivity index (χ1n) is 5.34. The molecule has 1 unspecified atom stereocenters. The average molecular weight is 246 g/mol. The van der Waals surface area contributed by atoms with Crippen LogP contribution in [0.4, 0.5) is 0 Å². The molecule has 4 nitrogen and oxygen atoms in total. The van der Waals surface area contributed by atoms with E-state index in [0.717, 1.165) is 21.4 Å². The molecule has 0 bridgehead atoms. The zero-order valence-corrected chi connectivity index (χ0v) is 10.6. The van der Waals surface area contributed by atoms with Gasteiger partial charge in [-0.2, -0.15) is 0 Å². The normalized spacial score (nSPS) is 12.4. The molecule has 0 spiro atoms.